The Labute approximate surface area is 120 Å². The number of carbonyl (C=O) groups excluding carboxylic acids is 1. The lowest BCUT2D eigenvalue weighted by molar-refractivity contribution is -0.120. The largest absolute Gasteiger partial charge is 0.370 e. The second-order valence-electron chi connectivity index (χ2n) is 4.89. The van der Waals surface area contributed by atoms with Gasteiger partial charge in [0.2, 0.25) is 5.91 Å². The van der Waals surface area contributed by atoms with Crippen molar-refractivity contribution in [3.8, 4) is 0 Å². The van der Waals surface area contributed by atoms with Gasteiger partial charge in [0.05, 0.1) is 0 Å². The molecule has 2 rings (SSSR count). The Hall–Kier alpha value is -1.85. The number of aromatic nitrogens is 2. The molecule has 110 valence electrons. The first-order valence-corrected chi connectivity index (χ1v) is 7.36. The molecule has 1 aromatic heterocycles. The molecular weight excluding hydrogens is 254 g/mol. The molecule has 1 amide bonds. The third-order valence-corrected chi connectivity index (χ3v) is 3.27. The first-order chi connectivity index (χ1) is 9.72. The normalized spacial score (nSPS) is 15.7. The molecule has 1 fully saturated rings. The molecule has 1 aliphatic rings. The summed E-state index contributed by atoms with van der Waals surface area (Å²) in [5.74, 6) is 2.73. The van der Waals surface area contributed by atoms with E-state index in [2.05, 4.69) is 39.3 Å². The molecule has 0 unspecified atom stereocenters. The van der Waals surface area contributed by atoms with Crippen LogP contribution in [0, 0.1) is 0 Å². The van der Waals surface area contributed by atoms with E-state index < -0.39 is 0 Å². The standard InChI is InChI=1S/C14H23N5O/c1-3-6-15-12-10-13(18-11(4-2)17-12)19-8-5-14(20)16-7-9-19/h10H,3-9H2,1-2H3,(H,16,20)(H,15,17,18). The molecular formula is C14H23N5O. The monoisotopic (exact) mass is 277 g/mol. The van der Waals surface area contributed by atoms with Crippen LogP contribution in [0.4, 0.5) is 11.6 Å². The molecule has 0 atom stereocenters. The van der Waals surface area contributed by atoms with Gasteiger partial charge in [-0.1, -0.05) is 13.8 Å². The topological polar surface area (TPSA) is 70.2 Å². The fourth-order valence-electron chi connectivity index (χ4n) is 2.14. The van der Waals surface area contributed by atoms with Crippen molar-refractivity contribution in [1.82, 2.24) is 15.3 Å². The third-order valence-electron chi connectivity index (χ3n) is 3.27. The van der Waals surface area contributed by atoms with E-state index in [9.17, 15) is 4.79 Å². The van der Waals surface area contributed by atoms with E-state index in [0.717, 1.165) is 43.4 Å². The van der Waals surface area contributed by atoms with Crippen molar-refractivity contribution >= 4 is 17.5 Å². The molecule has 0 aliphatic carbocycles. The summed E-state index contributed by atoms with van der Waals surface area (Å²) in [6, 6.07) is 1.98. The quantitative estimate of drug-likeness (QED) is 0.846. The van der Waals surface area contributed by atoms with E-state index in [0.29, 0.717) is 19.5 Å². The first kappa shape index (κ1) is 14.6. The van der Waals surface area contributed by atoms with E-state index in [-0.39, 0.29) is 5.91 Å². The van der Waals surface area contributed by atoms with E-state index in [1.165, 1.54) is 0 Å². The summed E-state index contributed by atoms with van der Waals surface area (Å²) < 4.78 is 0. The Balaban J connectivity index is 2.18. The lowest BCUT2D eigenvalue weighted by Gasteiger charge is -2.21. The summed E-state index contributed by atoms with van der Waals surface area (Å²) in [4.78, 5) is 22.6. The SMILES string of the molecule is CCCNc1cc(N2CCNC(=O)CC2)nc(CC)n1. The summed E-state index contributed by atoms with van der Waals surface area (Å²) >= 11 is 0. The average molecular weight is 277 g/mol. The second kappa shape index (κ2) is 7.07. The molecule has 1 aliphatic heterocycles. The van der Waals surface area contributed by atoms with Crippen LogP contribution in [0.25, 0.3) is 0 Å². The van der Waals surface area contributed by atoms with Gasteiger partial charge < -0.3 is 15.5 Å². The van der Waals surface area contributed by atoms with Crippen LogP contribution < -0.4 is 15.5 Å². The van der Waals surface area contributed by atoms with Crippen molar-refractivity contribution in [2.24, 2.45) is 0 Å². The van der Waals surface area contributed by atoms with Crippen LogP contribution in [0.1, 0.15) is 32.5 Å². The molecule has 0 aromatic carbocycles. The van der Waals surface area contributed by atoms with E-state index in [1.807, 2.05) is 6.07 Å². The number of aryl methyl sites for hydroxylation is 1. The molecule has 0 bridgehead atoms. The van der Waals surface area contributed by atoms with Crippen molar-refractivity contribution in [1.29, 1.82) is 0 Å². The molecule has 2 N–H and O–H groups in total. The summed E-state index contributed by atoms with van der Waals surface area (Å²) in [6.07, 6.45) is 2.38. The minimum Gasteiger partial charge on any atom is -0.370 e. The number of hydrogen-bond donors (Lipinski definition) is 2. The third kappa shape index (κ3) is 3.82. The summed E-state index contributed by atoms with van der Waals surface area (Å²) in [5, 5.41) is 6.19. The number of hydrogen-bond acceptors (Lipinski definition) is 5. The van der Waals surface area contributed by atoms with Crippen LogP contribution in [0.5, 0.6) is 0 Å². The number of anilines is 2. The Morgan fingerprint density at radius 1 is 1.35 bits per heavy atom. The van der Waals surface area contributed by atoms with Crippen molar-refractivity contribution in [2.75, 3.05) is 36.4 Å². The van der Waals surface area contributed by atoms with Crippen LogP contribution in [0.3, 0.4) is 0 Å². The predicted octanol–water partition coefficient (Wildman–Crippen LogP) is 1.19. The molecule has 0 radical (unpaired) electrons. The minimum atomic E-state index is 0.113. The number of amides is 1. The van der Waals surface area contributed by atoms with Crippen molar-refractivity contribution in [3.63, 3.8) is 0 Å². The average Bonchev–Trinajstić information content (AvgIpc) is 2.69. The van der Waals surface area contributed by atoms with Gasteiger partial charge >= 0.3 is 0 Å². The van der Waals surface area contributed by atoms with Gasteiger partial charge in [0.25, 0.3) is 0 Å². The van der Waals surface area contributed by atoms with Gasteiger partial charge in [-0.3, -0.25) is 4.79 Å². The maximum Gasteiger partial charge on any atom is 0.221 e. The zero-order valence-corrected chi connectivity index (χ0v) is 12.3. The first-order valence-electron chi connectivity index (χ1n) is 7.36. The fourth-order valence-corrected chi connectivity index (χ4v) is 2.14. The van der Waals surface area contributed by atoms with Gasteiger partial charge in [0.1, 0.15) is 17.5 Å². The number of nitrogens with zero attached hydrogens (tertiary/aromatic N) is 3. The smallest absolute Gasteiger partial charge is 0.221 e. The van der Waals surface area contributed by atoms with E-state index in [1.54, 1.807) is 0 Å². The minimum absolute atomic E-state index is 0.113. The van der Waals surface area contributed by atoms with Crippen molar-refractivity contribution in [2.45, 2.75) is 33.1 Å². The van der Waals surface area contributed by atoms with Gasteiger partial charge in [0, 0.05) is 45.1 Å². The Bertz CT molecular complexity index is 463. The van der Waals surface area contributed by atoms with Crippen molar-refractivity contribution in [3.05, 3.63) is 11.9 Å². The lowest BCUT2D eigenvalue weighted by atomic mass is 10.3. The number of nitrogens with one attached hydrogen (secondary N) is 2. The molecule has 1 aromatic rings. The van der Waals surface area contributed by atoms with E-state index >= 15 is 0 Å². The molecule has 1 saturated heterocycles. The Morgan fingerprint density at radius 3 is 2.95 bits per heavy atom. The van der Waals surface area contributed by atoms with Gasteiger partial charge in [-0.25, -0.2) is 9.97 Å². The van der Waals surface area contributed by atoms with Crippen LogP contribution in [0.2, 0.25) is 0 Å². The fraction of sp³-hybridized carbons (Fsp3) is 0.643. The van der Waals surface area contributed by atoms with Crippen LogP contribution >= 0.6 is 0 Å². The Morgan fingerprint density at radius 2 is 2.20 bits per heavy atom. The zero-order valence-electron chi connectivity index (χ0n) is 12.3. The molecule has 6 heteroatoms. The molecule has 6 nitrogen and oxygen atoms in total. The number of rotatable bonds is 5. The van der Waals surface area contributed by atoms with Crippen LogP contribution in [0.15, 0.2) is 6.07 Å². The van der Waals surface area contributed by atoms with E-state index in [4.69, 9.17) is 0 Å². The van der Waals surface area contributed by atoms with Crippen molar-refractivity contribution < 1.29 is 4.79 Å². The van der Waals surface area contributed by atoms with Gasteiger partial charge in [-0.05, 0) is 6.42 Å². The molecule has 0 saturated carbocycles. The highest BCUT2D eigenvalue weighted by molar-refractivity contribution is 5.77. The van der Waals surface area contributed by atoms with Crippen LogP contribution in [-0.2, 0) is 11.2 Å². The summed E-state index contributed by atoms with van der Waals surface area (Å²) in [7, 11) is 0. The zero-order chi connectivity index (χ0) is 14.4. The highest BCUT2D eigenvalue weighted by atomic mass is 16.1. The maximum atomic E-state index is 11.4. The lowest BCUT2D eigenvalue weighted by Crippen LogP contribution is -2.29. The van der Waals surface area contributed by atoms with Gasteiger partial charge in [-0.15, -0.1) is 0 Å². The predicted molar refractivity (Wildman–Crippen MR) is 80.0 cm³/mol. The molecule has 20 heavy (non-hydrogen) atoms. The highest BCUT2D eigenvalue weighted by Gasteiger charge is 2.16. The maximum absolute atomic E-state index is 11.4. The summed E-state index contributed by atoms with van der Waals surface area (Å²) in [6.45, 7) is 7.25. The Kier molecular flexibility index (Phi) is 5.15. The van der Waals surface area contributed by atoms with Gasteiger partial charge in [0.15, 0.2) is 0 Å². The van der Waals surface area contributed by atoms with Gasteiger partial charge in [-0.2, -0.15) is 0 Å². The highest BCUT2D eigenvalue weighted by Crippen LogP contribution is 2.17. The number of carbonyl (C=O) groups is 1. The molecule has 2 heterocycles. The van der Waals surface area contributed by atoms with Crippen LogP contribution in [-0.4, -0.2) is 42.1 Å². The molecule has 0 spiro atoms. The second-order valence-corrected chi connectivity index (χ2v) is 4.89. The summed E-state index contributed by atoms with van der Waals surface area (Å²) in [5.41, 5.74) is 0.